The van der Waals surface area contributed by atoms with Gasteiger partial charge in [-0.15, -0.1) is 0 Å². The number of nitrogens with zero attached hydrogens (tertiary/aromatic N) is 1. The van der Waals surface area contributed by atoms with E-state index in [1.54, 1.807) is 0 Å². The highest BCUT2D eigenvalue weighted by Gasteiger charge is 2.13. The Hall–Kier alpha value is -1.74. The van der Waals surface area contributed by atoms with Gasteiger partial charge in [0.25, 0.3) is 0 Å². The molecule has 0 fully saturated rings. The zero-order chi connectivity index (χ0) is 10.6. The molecule has 0 saturated heterocycles. The lowest BCUT2D eigenvalue weighted by atomic mass is 10.2. The van der Waals surface area contributed by atoms with Gasteiger partial charge in [-0.05, 0) is 6.07 Å². The van der Waals surface area contributed by atoms with E-state index in [-0.39, 0.29) is 12.3 Å². The van der Waals surface area contributed by atoms with E-state index in [9.17, 15) is 13.6 Å². The fraction of sp³-hybridized carbons (Fsp3) is 0.222. The van der Waals surface area contributed by atoms with Crippen molar-refractivity contribution in [2.24, 2.45) is 4.99 Å². The molecule has 0 aliphatic rings. The standard InChI is InChI=1S/C9H7F2NO2/c1-14-9-6(4-12-5-13)2-3-7(10)8(9)11/h2-3H,4H2,1H3. The molecule has 14 heavy (non-hydrogen) atoms. The minimum absolute atomic E-state index is 0.0795. The van der Waals surface area contributed by atoms with Gasteiger partial charge in [-0.25, -0.2) is 14.2 Å². The van der Waals surface area contributed by atoms with E-state index in [0.29, 0.717) is 5.56 Å². The first-order valence-corrected chi connectivity index (χ1v) is 3.75. The molecule has 0 heterocycles. The lowest BCUT2D eigenvalue weighted by Gasteiger charge is -2.06. The average molecular weight is 199 g/mol. The molecular weight excluding hydrogens is 192 g/mol. The highest BCUT2D eigenvalue weighted by molar-refractivity contribution is 5.38. The third-order valence-corrected chi connectivity index (χ3v) is 1.65. The Morgan fingerprint density at radius 2 is 2.21 bits per heavy atom. The maximum absolute atomic E-state index is 13.0. The molecule has 0 aliphatic heterocycles. The van der Waals surface area contributed by atoms with Crippen LogP contribution in [0.2, 0.25) is 0 Å². The molecule has 0 spiro atoms. The van der Waals surface area contributed by atoms with Crippen molar-refractivity contribution in [3.8, 4) is 5.75 Å². The summed E-state index contributed by atoms with van der Waals surface area (Å²) in [6.07, 6.45) is 1.30. The number of hydrogen-bond donors (Lipinski definition) is 0. The zero-order valence-electron chi connectivity index (χ0n) is 7.38. The number of carbonyl (C=O) groups excluding carboxylic acids is 1. The van der Waals surface area contributed by atoms with Crippen molar-refractivity contribution in [2.75, 3.05) is 7.11 Å². The van der Waals surface area contributed by atoms with Crippen LogP contribution in [0.3, 0.4) is 0 Å². The Morgan fingerprint density at radius 3 is 2.79 bits per heavy atom. The van der Waals surface area contributed by atoms with Crippen LogP contribution in [0.1, 0.15) is 5.56 Å². The smallest absolute Gasteiger partial charge is 0.235 e. The second-order valence-electron chi connectivity index (χ2n) is 2.46. The van der Waals surface area contributed by atoms with E-state index in [1.807, 2.05) is 0 Å². The summed E-state index contributed by atoms with van der Waals surface area (Å²) in [4.78, 5) is 13.1. The lowest BCUT2D eigenvalue weighted by molar-refractivity contribution is 0.367. The minimum atomic E-state index is -1.08. The molecule has 0 aromatic heterocycles. The third kappa shape index (κ3) is 1.95. The summed E-state index contributed by atoms with van der Waals surface area (Å²) in [5.41, 5.74) is 0.301. The van der Waals surface area contributed by atoms with Gasteiger partial charge < -0.3 is 4.74 Å². The maximum Gasteiger partial charge on any atom is 0.235 e. The molecule has 0 radical (unpaired) electrons. The number of hydrogen-bond acceptors (Lipinski definition) is 3. The van der Waals surface area contributed by atoms with Crippen LogP contribution in [-0.4, -0.2) is 13.2 Å². The first kappa shape index (κ1) is 10.3. The number of ether oxygens (including phenoxy) is 1. The molecule has 0 N–H and O–H groups in total. The quantitative estimate of drug-likeness (QED) is 0.550. The molecule has 0 unspecified atom stereocenters. The van der Waals surface area contributed by atoms with Crippen LogP contribution in [0, 0.1) is 11.6 Å². The summed E-state index contributed by atoms with van der Waals surface area (Å²) in [6.45, 7) is -0.0795. The van der Waals surface area contributed by atoms with Crippen molar-refractivity contribution in [3.63, 3.8) is 0 Å². The van der Waals surface area contributed by atoms with E-state index in [0.717, 1.165) is 6.07 Å². The molecule has 0 amide bonds. The normalized spacial score (nSPS) is 9.36. The van der Waals surface area contributed by atoms with Crippen molar-refractivity contribution >= 4 is 6.08 Å². The first-order chi connectivity index (χ1) is 6.70. The monoisotopic (exact) mass is 199 g/mol. The molecular formula is C9H7F2NO2. The largest absolute Gasteiger partial charge is 0.493 e. The molecule has 0 atom stereocenters. The van der Waals surface area contributed by atoms with Crippen LogP contribution in [0.25, 0.3) is 0 Å². The highest BCUT2D eigenvalue weighted by Crippen LogP contribution is 2.25. The van der Waals surface area contributed by atoms with Gasteiger partial charge in [-0.2, -0.15) is 4.39 Å². The van der Waals surface area contributed by atoms with Crippen LogP contribution in [-0.2, 0) is 11.3 Å². The molecule has 3 nitrogen and oxygen atoms in total. The van der Waals surface area contributed by atoms with Gasteiger partial charge in [0.15, 0.2) is 11.6 Å². The van der Waals surface area contributed by atoms with Gasteiger partial charge in [-0.3, -0.25) is 0 Å². The van der Waals surface area contributed by atoms with Crippen molar-refractivity contribution in [1.29, 1.82) is 0 Å². The Labute approximate surface area is 79.0 Å². The summed E-state index contributed by atoms with van der Waals surface area (Å²) in [5, 5.41) is 0. The van der Waals surface area contributed by atoms with Crippen LogP contribution in [0.15, 0.2) is 17.1 Å². The summed E-state index contributed by atoms with van der Waals surface area (Å²) < 4.78 is 30.4. The van der Waals surface area contributed by atoms with Gasteiger partial charge >= 0.3 is 0 Å². The van der Waals surface area contributed by atoms with Gasteiger partial charge in [-0.1, -0.05) is 6.07 Å². The van der Waals surface area contributed by atoms with E-state index in [1.165, 1.54) is 19.3 Å². The topological polar surface area (TPSA) is 38.7 Å². The number of halogens is 2. The number of benzene rings is 1. The molecule has 0 aliphatic carbocycles. The van der Waals surface area contributed by atoms with E-state index in [2.05, 4.69) is 9.73 Å². The van der Waals surface area contributed by atoms with E-state index in [4.69, 9.17) is 0 Å². The molecule has 0 saturated carbocycles. The lowest BCUT2D eigenvalue weighted by Crippen LogP contribution is -1.97. The van der Waals surface area contributed by atoms with E-state index >= 15 is 0 Å². The number of methoxy groups -OCH3 is 1. The fourth-order valence-corrected chi connectivity index (χ4v) is 1.03. The van der Waals surface area contributed by atoms with Crippen molar-refractivity contribution in [2.45, 2.75) is 6.54 Å². The van der Waals surface area contributed by atoms with Crippen LogP contribution >= 0.6 is 0 Å². The fourth-order valence-electron chi connectivity index (χ4n) is 1.03. The third-order valence-electron chi connectivity index (χ3n) is 1.65. The Kier molecular flexibility index (Phi) is 3.31. The van der Waals surface area contributed by atoms with Crippen LogP contribution in [0.4, 0.5) is 8.78 Å². The summed E-state index contributed by atoms with van der Waals surface area (Å²) in [5.74, 6) is -2.31. The molecule has 1 rings (SSSR count). The van der Waals surface area contributed by atoms with Gasteiger partial charge in [0.2, 0.25) is 11.9 Å². The first-order valence-electron chi connectivity index (χ1n) is 3.75. The predicted octanol–water partition coefficient (Wildman–Crippen LogP) is 1.81. The molecule has 1 aromatic carbocycles. The second kappa shape index (κ2) is 4.48. The van der Waals surface area contributed by atoms with Crippen molar-refractivity contribution in [1.82, 2.24) is 0 Å². The summed E-state index contributed by atoms with van der Waals surface area (Å²) in [7, 11) is 1.21. The van der Waals surface area contributed by atoms with Gasteiger partial charge in [0.05, 0.1) is 13.7 Å². The zero-order valence-corrected chi connectivity index (χ0v) is 7.38. The molecule has 74 valence electrons. The Morgan fingerprint density at radius 1 is 1.50 bits per heavy atom. The predicted molar refractivity (Wildman–Crippen MR) is 44.7 cm³/mol. The molecule has 1 aromatic rings. The number of isocyanates is 1. The number of aliphatic imine (C=N–C) groups is 1. The SMILES string of the molecule is COc1c(CN=C=O)ccc(F)c1F. The van der Waals surface area contributed by atoms with E-state index < -0.39 is 11.6 Å². The maximum atomic E-state index is 13.0. The second-order valence-corrected chi connectivity index (χ2v) is 2.46. The van der Waals surface area contributed by atoms with Crippen molar-refractivity contribution in [3.05, 3.63) is 29.3 Å². The Balaban J connectivity index is 3.16. The summed E-state index contributed by atoms with van der Waals surface area (Å²) in [6, 6.07) is 2.26. The van der Waals surface area contributed by atoms with Crippen LogP contribution < -0.4 is 4.74 Å². The van der Waals surface area contributed by atoms with Crippen LogP contribution in [0.5, 0.6) is 5.75 Å². The average Bonchev–Trinajstić information content (AvgIpc) is 2.20. The highest BCUT2D eigenvalue weighted by atomic mass is 19.2. The van der Waals surface area contributed by atoms with Gasteiger partial charge in [0, 0.05) is 5.56 Å². The van der Waals surface area contributed by atoms with Crippen molar-refractivity contribution < 1.29 is 18.3 Å². The molecule has 0 bridgehead atoms. The molecule has 5 heteroatoms. The Bertz CT molecular complexity index is 387. The van der Waals surface area contributed by atoms with Gasteiger partial charge in [0.1, 0.15) is 0 Å². The number of rotatable bonds is 3. The minimum Gasteiger partial charge on any atom is -0.493 e. The summed E-state index contributed by atoms with van der Waals surface area (Å²) >= 11 is 0.